The Labute approximate surface area is 118 Å². The summed E-state index contributed by atoms with van der Waals surface area (Å²) in [5.74, 6) is 1.56. The predicted octanol–water partition coefficient (Wildman–Crippen LogP) is 2.60. The fraction of sp³-hybridized carbons (Fsp3) is 0.312. The van der Waals surface area contributed by atoms with Crippen LogP contribution in [0.5, 0.6) is 11.5 Å². The molecule has 20 heavy (non-hydrogen) atoms. The number of aryl methyl sites for hydroxylation is 1. The van der Waals surface area contributed by atoms with Crippen LogP contribution in [0.4, 0.5) is 0 Å². The first-order valence-corrected chi connectivity index (χ1v) is 6.82. The van der Waals surface area contributed by atoms with E-state index in [2.05, 4.69) is 4.98 Å². The van der Waals surface area contributed by atoms with Gasteiger partial charge in [0.25, 0.3) is 0 Å². The maximum atomic E-state index is 6.33. The zero-order valence-electron chi connectivity index (χ0n) is 11.5. The maximum Gasteiger partial charge on any atom is 0.161 e. The first-order chi connectivity index (χ1) is 9.75. The van der Waals surface area contributed by atoms with Crippen molar-refractivity contribution >= 4 is 0 Å². The Balaban J connectivity index is 1.94. The summed E-state index contributed by atoms with van der Waals surface area (Å²) >= 11 is 0. The molecule has 0 saturated carbocycles. The molecule has 2 N–H and O–H groups in total. The van der Waals surface area contributed by atoms with Gasteiger partial charge >= 0.3 is 0 Å². The van der Waals surface area contributed by atoms with Crippen LogP contribution in [0.15, 0.2) is 36.5 Å². The summed E-state index contributed by atoms with van der Waals surface area (Å²) in [7, 11) is 0. The van der Waals surface area contributed by atoms with Gasteiger partial charge in [-0.15, -0.1) is 0 Å². The smallest absolute Gasteiger partial charge is 0.161 e. The first kappa shape index (κ1) is 12.9. The maximum absolute atomic E-state index is 6.33. The fourth-order valence-electron chi connectivity index (χ4n) is 2.35. The number of benzene rings is 1. The van der Waals surface area contributed by atoms with Gasteiger partial charge in [-0.05, 0) is 36.2 Å². The van der Waals surface area contributed by atoms with Gasteiger partial charge in [-0.1, -0.05) is 12.1 Å². The van der Waals surface area contributed by atoms with Crippen LogP contribution in [-0.4, -0.2) is 18.2 Å². The van der Waals surface area contributed by atoms with E-state index >= 15 is 0 Å². The summed E-state index contributed by atoms with van der Waals surface area (Å²) in [5.41, 5.74) is 9.29. The van der Waals surface area contributed by atoms with E-state index in [9.17, 15) is 0 Å². The van der Waals surface area contributed by atoms with Gasteiger partial charge in [0.2, 0.25) is 0 Å². The lowest BCUT2D eigenvalue weighted by molar-refractivity contribution is 0.297. The SMILES string of the molecule is Cc1cccnc1C(N)c1ccc2c(c1)OCCCO2. The molecule has 4 heteroatoms. The Hall–Kier alpha value is -2.07. The second-order valence-corrected chi connectivity index (χ2v) is 4.94. The molecule has 1 unspecified atom stereocenters. The number of ether oxygens (including phenoxy) is 2. The van der Waals surface area contributed by atoms with Crippen LogP contribution in [0.3, 0.4) is 0 Å². The van der Waals surface area contributed by atoms with Gasteiger partial charge < -0.3 is 15.2 Å². The number of fused-ring (bicyclic) bond motifs is 1. The van der Waals surface area contributed by atoms with Crippen LogP contribution in [0, 0.1) is 6.92 Å². The number of rotatable bonds is 2. The average molecular weight is 270 g/mol. The van der Waals surface area contributed by atoms with Crippen molar-refractivity contribution in [2.45, 2.75) is 19.4 Å². The molecule has 1 aliphatic rings. The Kier molecular flexibility index (Phi) is 3.56. The Morgan fingerprint density at radius 1 is 1.15 bits per heavy atom. The van der Waals surface area contributed by atoms with E-state index in [0.717, 1.165) is 34.7 Å². The van der Waals surface area contributed by atoms with Gasteiger partial charge in [0.1, 0.15) is 0 Å². The Morgan fingerprint density at radius 2 is 1.95 bits per heavy atom. The summed E-state index contributed by atoms with van der Waals surface area (Å²) in [6.45, 7) is 3.39. The number of hydrogen-bond acceptors (Lipinski definition) is 4. The zero-order valence-corrected chi connectivity index (χ0v) is 11.5. The van der Waals surface area contributed by atoms with Crippen molar-refractivity contribution in [1.29, 1.82) is 0 Å². The first-order valence-electron chi connectivity index (χ1n) is 6.82. The highest BCUT2D eigenvalue weighted by atomic mass is 16.5. The van der Waals surface area contributed by atoms with Crippen molar-refractivity contribution in [1.82, 2.24) is 4.98 Å². The van der Waals surface area contributed by atoms with Crippen LogP contribution in [0.25, 0.3) is 0 Å². The van der Waals surface area contributed by atoms with E-state index in [4.69, 9.17) is 15.2 Å². The molecule has 1 aromatic carbocycles. The molecular weight excluding hydrogens is 252 g/mol. The third-order valence-electron chi connectivity index (χ3n) is 3.48. The van der Waals surface area contributed by atoms with Crippen LogP contribution in [0.2, 0.25) is 0 Å². The van der Waals surface area contributed by atoms with Gasteiger partial charge in [-0.25, -0.2) is 0 Å². The van der Waals surface area contributed by atoms with Gasteiger partial charge in [-0.3, -0.25) is 4.98 Å². The largest absolute Gasteiger partial charge is 0.490 e. The average Bonchev–Trinajstić information content (AvgIpc) is 2.71. The molecule has 104 valence electrons. The van der Waals surface area contributed by atoms with E-state index in [1.807, 2.05) is 37.3 Å². The van der Waals surface area contributed by atoms with E-state index in [1.165, 1.54) is 0 Å². The molecule has 0 aliphatic carbocycles. The molecule has 0 saturated heterocycles. The van der Waals surface area contributed by atoms with E-state index in [-0.39, 0.29) is 6.04 Å². The molecule has 2 aromatic rings. The van der Waals surface area contributed by atoms with Crippen molar-refractivity contribution in [3.63, 3.8) is 0 Å². The fourth-order valence-corrected chi connectivity index (χ4v) is 2.35. The summed E-state index contributed by atoms with van der Waals surface area (Å²) < 4.78 is 11.3. The molecule has 0 spiro atoms. The van der Waals surface area contributed by atoms with E-state index in [1.54, 1.807) is 6.20 Å². The topological polar surface area (TPSA) is 57.4 Å². The lowest BCUT2D eigenvalue weighted by atomic mass is 10.0. The third kappa shape index (κ3) is 2.47. The predicted molar refractivity (Wildman–Crippen MR) is 77.1 cm³/mol. The van der Waals surface area contributed by atoms with Crippen LogP contribution in [-0.2, 0) is 0 Å². The molecule has 2 heterocycles. The number of nitrogens with zero attached hydrogens (tertiary/aromatic N) is 1. The normalized spacial score (nSPS) is 15.5. The number of pyridine rings is 1. The Morgan fingerprint density at radius 3 is 2.75 bits per heavy atom. The minimum atomic E-state index is -0.256. The Bertz CT molecular complexity index is 613. The molecule has 1 aromatic heterocycles. The van der Waals surface area contributed by atoms with Gasteiger partial charge in [0.15, 0.2) is 11.5 Å². The van der Waals surface area contributed by atoms with Gasteiger partial charge in [0.05, 0.1) is 24.9 Å². The molecule has 3 rings (SSSR count). The van der Waals surface area contributed by atoms with E-state index < -0.39 is 0 Å². The molecule has 0 bridgehead atoms. The molecule has 4 nitrogen and oxygen atoms in total. The number of aromatic nitrogens is 1. The second kappa shape index (κ2) is 5.51. The lowest BCUT2D eigenvalue weighted by Crippen LogP contribution is -2.15. The lowest BCUT2D eigenvalue weighted by Gasteiger charge is -2.16. The van der Waals surface area contributed by atoms with Crippen LogP contribution >= 0.6 is 0 Å². The van der Waals surface area contributed by atoms with Crippen LogP contribution < -0.4 is 15.2 Å². The van der Waals surface area contributed by atoms with Gasteiger partial charge in [0, 0.05) is 12.6 Å². The third-order valence-corrected chi connectivity index (χ3v) is 3.48. The highest BCUT2D eigenvalue weighted by Gasteiger charge is 2.17. The molecule has 0 fully saturated rings. The van der Waals surface area contributed by atoms with Crippen molar-refractivity contribution in [2.75, 3.05) is 13.2 Å². The minimum Gasteiger partial charge on any atom is -0.490 e. The van der Waals surface area contributed by atoms with E-state index in [0.29, 0.717) is 13.2 Å². The quantitative estimate of drug-likeness (QED) is 0.911. The van der Waals surface area contributed by atoms with Crippen molar-refractivity contribution in [3.8, 4) is 11.5 Å². The highest BCUT2D eigenvalue weighted by Crippen LogP contribution is 2.33. The highest BCUT2D eigenvalue weighted by molar-refractivity contribution is 5.46. The minimum absolute atomic E-state index is 0.256. The number of nitrogens with two attached hydrogens (primary N) is 1. The molecular formula is C16H18N2O2. The summed E-state index contributed by atoms with van der Waals surface area (Å²) in [5, 5.41) is 0. The summed E-state index contributed by atoms with van der Waals surface area (Å²) in [6, 6.07) is 9.54. The number of hydrogen-bond donors (Lipinski definition) is 1. The molecule has 1 atom stereocenters. The second-order valence-electron chi connectivity index (χ2n) is 4.94. The molecule has 1 aliphatic heterocycles. The van der Waals surface area contributed by atoms with Crippen molar-refractivity contribution < 1.29 is 9.47 Å². The zero-order chi connectivity index (χ0) is 13.9. The monoisotopic (exact) mass is 270 g/mol. The van der Waals surface area contributed by atoms with Gasteiger partial charge in [-0.2, -0.15) is 0 Å². The molecule has 0 radical (unpaired) electrons. The van der Waals surface area contributed by atoms with Crippen molar-refractivity contribution in [2.24, 2.45) is 5.73 Å². The van der Waals surface area contributed by atoms with Crippen LogP contribution in [0.1, 0.15) is 29.3 Å². The standard InChI is InChI=1S/C16H18N2O2/c1-11-4-2-7-18-16(11)15(17)12-5-6-13-14(10-12)20-9-3-8-19-13/h2,4-7,10,15H,3,8-9,17H2,1H3. The summed E-state index contributed by atoms with van der Waals surface area (Å²) in [4.78, 5) is 4.39. The van der Waals surface area contributed by atoms with Crippen molar-refractivity contribution in [3.05, 3.63) is 53.3 Å². The summed E-state index contributed by atoms with van der Waals surface area (Å²) in [6.07, 6.45) is 2.67. The molecule has 0 amide bonds.